The molecule has 0 aliphatic carbocycles. The van der Waals surface area contributed by atoms with Gasteiger partial charge in [-0.05, 0) is 32.9 Å². The Labute approximate surface area is 118 Å². The van der Waals surface area contributed by atoms with Gasteiger partial charge in [-0.25, -0.2) is 4.79 Å². The lowest BCUT2D eigenvalue weighted by molar-refractivity contribution is 0.243. The standard InChI is InChI=1S/C14H19N3OS/c1-14(2,3)17-13(18)16-11-7-4-5-8-12(11)19-10-6-9-15/h4-5,7-8H,6,10H2,1-3H3,(H2,16,17,18). The van der Waals surface area contributed by atoms with E-state index in [1.165, 1.54) is 0 Å². The molecule has 1 aromatic carbocycles. The van der Waals surface area contributed by atoms with Gasteiger partial charge in [0.05, 0.1) is 11.8 Å². The summed E-state index contributed by atoms with van der Waals surface area (Å²) in [5.74, 6) is 0.718. The number of benzene rings is 1. The van der Waals surface area contributed by atoms with Crippen LogP contribution in [-0.2, 0) is 0 Å². The zero-order chi connectivity index (χ0) is 14.3. The van der Waals surface area contributed by atoms with Crippen LogP contribution in [0.4, 0.5) is 10.5 Å². The van der Waals surface area contributed by atoms with Gasteiger partial charge < -0.3 is 10.6 Å². The smallest absolute Gasteiger partial charge is 0.319 e. The summed E-state index contributed by atoms with van der Waals surface area (Å²) >= 11 is 1.57. The zero-order valence-electron chi connectivity index (χ0n) is 11.5. The van der Waals surface area contributed by atoms with Crippen molar-refractivity contribution in [1.29, 1.82) is 5.26 Å². The van der Waals surface area contributed by atoms with Gasteiger partial charge in [0.1, 0.15) is 0 Å². The van der Waals surface area contributed by atoms with E-state index in [1.54, 1.807) is 11.8 Å². The van der Waals surface area contributed by atoms with Gasteiger partial charge in [-0.1, -0.05) is 12.1 Å². The Balaban J connectivity index is 2.67. The first-order valence-electron chi connectivity index (χ1n) is 6.10. The van der Waals surface area contributed by atoms with Crippen molar-refractivity contribution in [2.24, 2.45) is 0 Å². The molecule has 0 spiro atoms. The van der Waals surface area contributed by atoms with Crippen LogP contribution in [0.25, 0.3) is 0 Å². The Hall–Kier alpha value is -1.67. The van der Waals surface area contributed by atoms with Crippen LogP contribution in [0, 0.1) is 11.3 Å². The molecule has 5 heteroatoms. The molecule has 0 saturated heterocycles. The predicted molar refractivity (Wildman–Crippen MR) is 79.3 cm³/mol. The molecule has 19 heavy (non-hydrogen) atoms. The number of thioether (sulfide) groups is 1. The van der Waals surface area contributed by atoms with Crippen LogP contribution in [0.15, 0.2) is 29.2 Å². The first-order chi connectivity index (χ1) is 8.92. The fourth-order valence-electron chi connectivity index (χ4n) is 1.40. The third kappa shape index (κ3) is 6.16. The fourth-order valence-corrected chi connectivity index (χ4v) is 2.26. The van der Waals surface area contributed by atoms with Crippen molar-refractivity contribution in [3.05, 3.63) is 24.3 Å². The molecule has 0 bridgehead atoms. The highest BCUT2D eigenvalue weighted by Crippen LogP contribution is 2.27. The molecule has 0 aromatic heterocycles. The molecular weight excluding hydrogens is 258 g/mol. The minimum absolute atomic E-state index is 0.221. The molecule has 1 aromatic rings. The number of para-hydroxylation sites is 1. The van der Waals surface area contributed by atoms with Crippen LogP contribution in [0.5, 0.6) is 0 Å². The molecule has 0 radical (unpaired) electrons. The summed E-state index contributed by atoms with van der Waals surface area (Å²) in [5.41, 5.74) is 0.500. The third-order valence-corrected chi connectivity index (χ3v) is 3.17. The Morgan fingerprint density at radius 3 is 2.68 bits per heavy atom. The van der Waals surface area contributed by atoms with Crippen LogP contribution in [0.1, 0.15) is 27.2 Å². The second kappa shape index (κ2) is 7.05. The Kier molecular flexibility index (Phi) is 5.71. The second-order valence-corrected chi connectivity index (χ2v) is 6.22. The largest absolute Gasteiger partial charge is 0.333 e. The first-order valence-corrected chi connectivity index (χ1v) is 7.09. The van der Waals surface area contributed by atoms with Crippen molar-refractivity contribution in [2.45, 2.75) is 37.6 Å². The SMILES string of the molecule is CC(C)(C)NC(=O)Nc1ccccc1SCCC#N. The van der Waals surface area contributed by atoms with Crippen molar-refractivity contribution >= 4 is 23.5 Å². The number of hydrogen-bond donors (Lipinski definition) is 2. The summed E-state index contributed by atoms with van der Waals surface area (Å²) in [7, 11) is 0. The van der Waals surface area contributed by atoms with E-state index in [4.69, 9.17) is 5.26 Å². The molecule has 4 nitrogen and oxygen atoms in total. The van der Waals surface area contributed by atoms with Gasteiger partial charge in [0.2, 0.25) is 0 Å². The van der Waals surface area contributed by atoms with E-state index >= 15 is 0 Å². The number of hydrogen-bond acceptors (Lipinski definition) is 3. The van der Waals surface area contributed by atoms with Crippen LogP contribution in [-0.4, -0.2) is 17.3 Å². The van der Waals surface area contributed by atoms with E-state index in [9.17, 15) is 4.79 Å². The van der Waals surface area contributed by atoms with Gasteiger partial charge in [0.15, 0.2) is 0 Å². The van der Waals surface area contributed by atoms with Crippen LogP contribution in [0.3, 0.4) is 0 Å². The highest BCUT2D eigenvalue weighted by Gasteiger charge is 2.14. The molecule has 0 aliphatic rings. The van der Waals surface area contributed by atoms with Crippen molar-refractivity contribution in [2.75, 3.05) is 11.1 Å². The number of nitriles is 1. The second-order valence-electron chi connectivity index (χ2n) is 5.08. The lowest BCUT2D eigenvalue weighted by Crippen LogP contribution is -2.43. The lowest BCUT2D eigenvalue weighted by atomic mass is 10.1. The Morgan fingerprint density at radius 2 is 2.05 bits per heavy atom. The maximum Gasteiger partial charge on any atom is 0.319 e. The maximum atomic E-state index is 11.8. The van der Waals surface area contributed by atoms with E-state index in [0.29, 0.717) is 6.42 Å². The van der Waals surface area contributed by atoms with Crippen LogP contribution in [0.2, 0.25) is 0 Å². The quantitative estimate of drug-likeness (QED) is 0.652. The van der Waals surface area contributed by atoms with Gasteiger partial charge in [0, 0.05) is 22.6 Å². The monoisotopic (exact) mass is 277 g/mol. The van der Waals surface area contributed by atoms with Crippen molar-refractivity contribution in [3.8, 4) is 6.07 Å². The van der Waals surface area contributed by atoms with E-state index in [-0.39, 0.29) is 11.6 Å². The summed E-state index contributed by atoms with van der Waals surface area (Å²) in [6.45, 7) is 5.79. The molecule has 102 valence electrons. The number of anilines is 1. The molecule has 2 N–H and O–H groups in total. The fraction of sp³-hybridized carbons (Fsp3) is 0.429. The normalized spacial score (nSPS) is 10.6. The first kappa shape index (κ1) is 15.4. The molecule has 1 rings (SSSR count). The minimum atomic E-state index is -0.271. The Bertz CT molecular complexity index is 474. The summed E-state index contributed by atoms with van der Waals surface area (Å²) in [6.07, 6.45) is 0.493. The number of nitrogens with zero attached hydrogens (tertiary/aromatic N) is 1. The lowest BCUT2D eigenvalue weighted by Gasteiger charge is -2.21. The van der Waals surface area contributed by atoms with Crippen molar-refractivity contribution in [3.63, 3.8) is 0 Å². The number of carbonyl (C=O) groups is 1. The van der Waals surface area contributed by atoms with Gasteiger partial charge in [-0.15, -0.1) is 11.8 Å². The third-order valence-electron chi connectivity index (χ3n) is 2.10. The molecule has 0 fully saturated rings. The highest BCUT2D eigenvalue weighted by molar-refractivity contribution is 7.99. The van der Waals surface area contributed by atoms with Crippen molar-refractivity contribution < 1.29 is 4.79 Å². The zero-order valence-corrected chi connectivity index (χ0v) is 12.3. The molecule has 0 heterocycles. The van der Waals surface area contributed by atoms with Crippen molar-refractivity contribution in [1.82, 2.24) is 5.32 Å². The average molecular weight is 277 g/mol. The number of urea groups is 1. The number of rotatable bonds is 4. The number of amides is 2. The molecule has 0 atom stereocenters. The Morgan fingerprint density at radius 1 is 1.37 bits per heavy atom. The van der Waals surface area contributed by atoms with E-state index in [2.05, 4.69) is 16.7 Å². The van der Waals surface area contributed by atoms with Gasteiger partial charge in [-0.3, -0.25) is 0 Å². The molecule has 0 aliphatic heterocycles. The molecule has 0 unspecified atom stereocenters. The van der Waals surface area contributed by atoms with Gasteiger partial charge in [-0.2, -0.15) is 5.26 Å². The van der Waals surface area contributed by atoms with E-state index in [0.717, 1.165) is 16.3 Å². The summed E-state index contributed by atoms with van der Waals surface area (Å²) in [6, 6.07) is 9.48. The molecular formula is C14H19N3OS. The number of carbonyl (C=O) groups excluding carboxylic acids is 1. The van der Waals surface area contributed by atoms with Gasteiger partial charge in [0.25, 0.3) is 0 Å². The van der Waals surface area contributed by atoms with E-state index < -0.39 is 0 Å². The summed E-state index contributed by atoms with van der Waals surface area (Å²) in [5, 5.41) is 14.2. The predicted octanol–water partition coefficient (Wildman–Crippen LogP) is 3.61. The highest BCUT2D eigenvalue weighted by atomic mass is 32.2. The topological polar surface area (TPSA) is 64.9 Å². The maximum absolute atomic E-state index is 11.8. The number of nitrogens with one attached hydrogen (secondary N) is 2. The van der Waals surface area contributed by atoms with Gasteiger partial charge >= 0.3 is 6.03 Å². The summed E-state index contributed by atoms with van der Waals surface area (Å²) in [4.78, 5) is 12.8. The van der Waals surface area contributed by atoms with Crippen LogP contribution < -0.4 is 10.6 Å². The van der Waals surface area contributed by atoms with Crippen LogP contribution >= 0.6 is 11.8 Å². The average Bonchev–Trinajstić information content (AvgIpc) is 2.29. The molecule has 0 saturated carbocycles. The molecule has 2 amide bonds. The summed E-state index contributed by atoms with van der Waals surface area (Å²) < 4.78 is 0. The van der Waals surface area contributed by atoms with E-state index in [1.807, 2.05) is 45.0 Å². The minimum Gasteiger partial charge on any atom is -0.333 e.